The quantitative estimate of drug-likeness (QED) is 0.192. The smallest absolute Gasteiger partial charge is 0.306 e. The number of rotatable bonds is 14. The van der Waals surface area contributed by atoms with Gasteiger partial charge < -0.3 is 20.1 Å². The number of carbonyl (C=O) groups is 2. The van der Waals surface area contributed by atoms with Gasteiger partial charge in [-0.2, -0.15) is 5.10 Å². The SMILES string of the molecule is CCOCCNc1nc(SC(C)C)nc2c1cnn2CCNC(=O)CCC(=O)OCC. The van der Waals surface area contributed by atoms with Crippen molar-refractivity contribution in [2.45, 2.75) is 57.5 Å². The number of ether oxygens (including phenoxy) is 2. The van der Waals surface area contributed by atoms with Gasteiger partial charge in [0.2, 0.25) is 5.91 Å². The van der Waals surface area contributed by atoms with E-state index in [0.717, 1.165) is 11.2 Å². The van der Waals surface area contributed by atoms with Crippen molar-refractivity contribution in [3.05, 3.63) is 6.20 Å². The summed E-state index contributed by atoms with van der Waals surface area (Å²) in [6, 6.07) is 0. The number of carbonyl (C=O) groups excluding carboxylic acids is 2. The molecule has 0 bridgehead atoms. The van der Waals surface area contributed by atoms with E-state index in [-0.39, 0.29) is 24.7 Å². The van der Waals surface area contributed by atoms with E-state index in [1.165, 1.54) is 0 Å². The van der Waals surface area contributed by atoms with E-state index in [1.54, 1.807) is 29.6 Å². The Hall–Kier alpha value is -2.40. The third-order valence-electron chi connectivity index (χ3n) is 4.07. The van der Waals surface area contributed by atoms with Crippen LogP contribution in [0.1, 0.15) is 40.5 Å². The molecule has 2 aromatic rings. The fourth-order valence-corrected chi connectivity index (χ4v) is 3.43. The molecule has 0 spiro atoms. The molecule has 0 unspecified atom stereocenters. The van der Waals surface area contributed by atoms with Gasteiger partial charge in [-0.05, 0) is 13.8 Å². The number of nitrogens with one attached hydrogen (secondary N) is 2. The van der Waals surface area contributed by atoms with Crippen molar-refractivity contribution in [2.24, 2.45) is 0 Å². The number of amides is 1. The van der Waals surface area contributed by atoms with E-state index in [9.17, 15) is 9.59 Å². The third kappa shape index (κ3) is 8.33. The molecule has 0 saturated heterocycles. The Kier molecular flexibility index (Phi) is 10.5. The Morgan fingerprint density at radius 3 is 2.68 bits per heavy atom. The number of esters is 1. The second-order valence-electron chi connectivity index (χ2n) is 6.91. The van der Waals surface area contributed by atoms with Gasteiger partial charge in [0.1, 0.15) is 5.82 Å². The van der Waals surface area contributed by atoms with Crippen LogP contribution < -0.4 is 10.6 Å². The molecule has 0 radical (unpaired) electrons. The molecule has 0 fully saturated rings. The predicted octanol–water partition coefficient (Wildman–Crippen LogP) is 2.23. The molecule has 2 aromatic heterocycles. The fraction of sp³-hybridized carbons (Fsp3) is 0.650. The van der Waals surface area contributed by atoms with Crippen LogP contribution in [0.25, 0.3) is 11.0 Å². The van der Waals surface area contributed by atoms with Crippen LogP contribution in [-0.4, -0.2) is 69.8 Å². The Morgan fingerprint density at radius 2 is 1.97 bits per heavy atom. The highest BCUT2D eigenvalue weighted by molar-refractivity contribution is 7.99. The molecule has 0 aliphatic carbocycles. The molecule has 31 heavy (non-hydrogen) atoms. The summed E-state index contributed by atoms with van der Waals surface area (Å²) in [6.07, 6.45) is 1.90. The molecule has 11 heteroatoms. The summed E-state index contributed by atoms with van der Waals surface area (Å²) >= 11 is 1.58. The van der Waals surface area contributed by atoms with Crippen LogP contribution in [0.5, 0.6) is 0 Å². The van der Waals surface area contributed by atoms with Gasteiger partial charge in [-0.3, -0.25) is 9.59 Å². The average Bonchev–Trinajstić information content (AvgIpc) is 3.12. The Bertz CT molecular complexity index is 858. The Labute approximate surface area is 186 Å². The molecule has 2 rings (SSSR count). The van der Waals surface area contributed by atoms with Gasteiger partial charge in [0.05, 0.1) is 37.8 Å². The third-order valence-corrected chi connectivity index (χ3v) is 4.93. The zero-order valence-corrected chi connectivity index (χ0v) is 19.5. The van der Waals surface area contributed by atoms with E-state index in [2.05, 4.69) is 39.5 Å². The maximum Gasteiger partial charge on any atom is 0.306 e. The number of hydrogen-bond donors (Lipinski definition) is 2. The van der Waals surface area contributed by atoms with Gasteiger partial charge in [0, 0.05) is 31.4 Å². The molecule has 0 aliphatic rings. The van der Waals surface area contributed by atoms with Crippen molar-refractivity contribution in [3.8, 4) is 0 Å². The molecule has 1 amide bonds. The predicted molar refractivity (Wildman–Crippen MR) is 120 cm³/mol. The lowest BCUT2D eigenvalue weighted by atomic mass is 10.3. The summed E-state index contributed by atoms with van der Waals surface area (Å²) in [7, 11) is 0. The standard InChI is InChI=1S/C20H32N6O4S/c1-5-29-12-10-22-18-15-13-23-26(19(15)25-20(24-18)31-14(3)4)11-9-21-16(27)7-8-17(28)30-6-2/h13-14H,5-12H2,1-4H3,(H,21,27)(H,22,24,25). The van der Waals surface area contributed by atoms with E-state index in [4.69, 9.17) is 9.47 Å². The lowest BCUT2D eigenvalue weighted by Gasteiger charge is -2.11. The first-order valence-corrected chi connectivity index (χ1v) is 11.5. The zero-order valence-electron chi connectivity index (χ0n) is 18.6. The van der Waals surface area contributed by atoms with Gasteiger partial charge in [-0.1, -0.05) is 25.6 Å². The van der Waals surface area contributed by atoms with Gasteiger partial charge >= 0.3 is 5.97 Å². The number of anilines is 1. The molecule has 10 nitrogen and oxygen atoms in total. The Balaban J connectivity index is 2.02. The number of thioether (sulfide) groups is 1. The molecule has 0 aromatic carbocycles. The van der Waals surface area contributed by atoms with Crippen LogP contribution in [0.2, 0.25) is 0 Å². The summed E-state index contributed by atoms with van der Waals surface area (Å²) in [6.45, 7) is 10.9. The normalized spacial score (nSPS) is 11.1. The average molecular weight is 453 g/mol. The molecule has 0 saturated carbocycles. The van der Waals surface area contributed by atoms with E-state index < -0.39 is 0 Å². The molecule has 0 atom stereocenters. The maximum absolute atomic E-state index is 11.9. The Morgan fingerprint density at radius 1 is 1.16 bits per heavy atom. The highest BCUT2D eigenvalue weighted by Gasteiger charge is 2.14. The fourth-order valence-electron chi connectivity index (χ4n) is 2.72. The number of hydrogen-bond acceptors (Lipinski definition) is 9. The number of nitrogens with zero attached hydrogens (tertiary/aromatic N) is 4. The van der Waals surface area contributed by atoms with Crippen molar-refractivity contribution in [3.63, 3.8) is 0 Å². The van der Waals surface area contributed by atoms with Crippen molar-refractivity contribution in [1.82, 2.24) is 25.1 Å². The zero-order chi connectivity index (χ0) is 22.6. The molecule has 0 aliphatic heterocycles. The van der Waals surface area contributed by atoms with Crippen molar-refractivity contribution in [2.75, 3.05) is 38.2 Å². The van der Waals surface area contributed by atoms with Crippen LogP contribution in [0.4, 0.5) is 5.82 Å². The second-order valence-corrected chi connectivity index (χ2v) is 8.45. The lowest BCUT2D eigenvalue weighted by Crippen LogP contribution is -2.28. The lowest BCUT2D eigenvalue weighted by molar-refractivity contribution is -0.144. The second kappa shape index (κ2) is 13.1. The molecular formula is C20H32N6O4S. The van der Waals surface area contributed by atoms with Crippen LogP contribution >= 0.6 is 11.8 Å². The van der Waals surface area contributed by atoms with Crippen LogP contribution in [0.15, 0.2) is 11.4 Å². The van der Waals surface area contributed by atoms with Crippen LogP contribution in [-0.2, 0) is 25.6 Å². The number of fused-ring (bicyclic) bond motifs is 1. The first kappa shape index (κ1) is 24.9. The maximum atomic E-state index is 11.9. The topological polar surface area (TPSA) is 120 Å². The molecule has 2 heterocycles. The summed E-state index contributed by atoms with van der Waals surface area (Å²) in [4.78, 5) is 32.6. The van der Waals surface area contributed by atoms with Crippen LogP contribution in [0, 0.1) is 0 Å². The van der Waals surface area contributed by atoms with Crippen molar-refractivity contribution >= 4 is 40.5 Å². The summed E-state index contributed by atoms with van der Waals surface area (Å²) < 4.78 is 12.0. The highest BCUT2D eigenvalue weighted by atomic mass is 32.2. The number of aromatic nitrogens is 4. The van der Waals surface area contributed by atoms with E-state index >= 15 is 0 Å². The van der Waals surface area contributed by atoms with Gasteiger partial charge in [0.25, 0.3) is 0 Å². The van der Waals surface area contributed by atoms with E-state index in [0.29, 0.717) is 55.5 Å². The molecular weight excluding hydrogens is 420 g/mol. The summed E-state index contributed by atoms with van der Waals surface area (Å²) in [5, 5.41) is 12.4. The van der Waals surface area contributed by atoms with E-state index in [1.807, 2.05) is 6.92 Å². The van der Waals surface area contributed by atoms with Crippen molar-refractivity contribution in [1.29, 1.82) is 0 Å². The summed E-state index contributed by atoms with van der Waals surface area (Å²) in [5.74, 6) is 0.151. The first-order chi connectivity index (χ1) is 14.9. The highest BCUT2D eigenvalue weighted by Crippen LogP contribution is 2.26. The summed E-state index contributed by atoms with van der Waals surface area (Å²) in [5.41, 5.74) is 0.706. The minimum atomic E-state index is -0.369. The van der Waals surface area contributed by atoms with Gasteiger partial charge in [0.15, 0.2) is 10.8 Å². The molecule has 2 N–H and O–H groups in total. The monoisotopic (exact) mass is 452 g/mol. The largest absolute Gasteiger partial charge is 0.466 e. The van der Waals surface area contributed by atoms with Gasteiger partial charge in [-0.25, -0.2) is 14.6 Å². The van der Waals surface area contributed by atoms with Crippen LogP contribution in [0.3, 0.4) is 0 Å². The van der Waals surface area contributed by atoms with Crippen molar-refractivity contribution < 1.29 is 19.1 Å². The molecule has 172 valence electrons. The minimum absolute atomic E-state index is 0.0736. The van der Waals surface area contributed by atoms with Gasteiger partial charge in [-0.15, -0.1) is 0 Å². The first-order valence-electron chi connectivity index (χ1n) is 10.6. The minimum Gasteiger partial charge on any atom is -0.466 e.